The van der Waals surface area contributed by atoms with Crippen LogP contribution in [0.25, 0.3) is 0 Å². The van der Waals surface area contributed by atoms with Gasteiger partial charge >= 0.3 is 5.97 Å². The van der Waals surface area contributed by atoms with Gasteiger partial charge in [-0.1, -0.05) is 13.8 Å². The Balaban J connectivity index is 1.81. The summed E-state index contributed by atoms with van der Waals surface area (Å²) in [6, 6.07) is 1.12. The average molecular weight is 268 g/mol. The van der Waals surface area contributed by atoms with Crippen LogP contribution in [0, 0.1) is 5.92 Å². The number of nitrogens with zero attached hydrogens (tertiary/aromatic N) is 1. The van der Waals surface area contributed by atoms with E-state index in [-0.39, 0.29) is 12.0 Å². The molecule has 4 nitrogen and oxygen atoms in total. The number of ether oxygens (including phenoxy) is 1. The molecule has 0 aromatic rings. The second-order valence-electron chi connectivity index (χ2n) is 6.29. The summed E-state index contributed by atoms with van der Waals surface area (Å²) < 4.78 is 4.91. The number of rotatable bonds is 7. The number of methoxy groups -OCH3 is 1. The lowest BCUT2D eigenvalue weighted by molar-refractivity contribution is -0.143. The first-order chi connectivity index (χ1) is 9.11. The predicted molar refractivity (Wildman–Crippen MR) is 76.0 cm³/mol. The number of hydrogen-bond donors (Lipinski definition) is 1. The van der Waals surface area contributed by atoms with E-state index >= 15 is 0 Å². The molecule has 4 heteroatoms. The molecule has 1 saturated carbocycles. The maximum atomic E-state index is 11.8. The molecule has 2 rings (SSSR count). The van der Waals surface area contributed by atoms with Gasteiger partial charge in [-0.05, 0) is 44.6 Å². The van der Waals surface area contributed by atoms with Gasteiger partial charge in [-0.3, -0.25) is 4.79 Å². The number of nitrogens with one attached hydrogen (secondary N) is 1. The van der Waals surface area contributed by atoms with Crippen LogP contribution < -0.4 is 5.32 Å². The molecule has 0 aromatic heterocycles. The highest BCUT2D eigenvalue weighted by Crippen LogP contribution is 2.25. The van der Waals surface area contributed by atoms with Gasteiger partial charge in [0.2, 0.25) is 0 Å². The van der Waals surface area contributed by atoms with Gasteiger partial charge in [0.05, 0.1) is 7.11 Å². The van der Waals surface area contributed by atoms with Crippen LogP contribution in [0.3, 0.4) is 0 Å². The maximum absolute atomic E-state index is 11.8. The van der Waals surface area contributed by atoms with Crippen LogP contribution in [0.5, 0.6) is 0 Å². The third-order valence-electron chi connectivity index (χ3n) is 4.39. The fraction of sp³-hybridized carbons (Fsp3) is 0.933. The van der Waals surface area contributed by atoms with Crippen molar-refractivity contribution in [3.63, 3.8) is 0 Å². The number of likely N-dealkylation sites (tertiary alicyclic amines) is 1. The van der Waals surface area contributed by atoms with Crippen molar-refractivity contribution in [3.05, 3.63) is 0 Å². The minimum absolute atomic E-state index is 0.104. The second kappa shape index (κ2) is 6.71. The van der Waals surface area contributed by atoms with Crippen LogP contribution in [0.15, 0.2) is 0 Å². The van der Waals surface area contributed by atoms with E-state index in [0.717, 1.165) is 13.0 Å². The average Bonchev–Trinajstić information content (AvgIpc) is 3.08. The lowest BCUT2D eigenvalue weighted by Gasteiger charge is -2.28. The first-order valence-corrected chi connectivity index (χ1v) is 7.69. The summed E-state index contributed by atoms with van der Waals surface area (Å²) in [5.74, 6) is 0.600. The smallest absolute Gasteiger partial charge is 0.322 e. The monoisotopic (exact) mass is 268 g/mol. The van der Waals surface area contributed by atoms with Crippen LogP contribution in [0.4, 0.5) is 0 Å². The van der Waals surface area contributed by atoms with Crippen LogP contribution >= 0.6 is 0 Å². The quantitative estimate of drug-likeness (QED) is 0.715. The van der Waals surface area contributed by atoms with Gasteiger partial charge in [0.1, 0.15) is 6.04 Å². The van der Waals surface area contributed by atoms with Crippen LogP contribution in [0.1, 0.15) is 46.0 Å². The van der Waals surface area contributed by atoms with Gasteiger partial charge in [0.15, 0.2) is 0 Å². The highest BCUT2D eigenvalue weighted by molar-refractivity contribution is 5.75. The Hall–Kier alpha value is -0.610. The summed E-state index contributed by atoms with van der Waals surface area (Å²) in [4.78, 5) is 14.3. The summed E-state index contributed by atoms with van der Waals surface area (Å²) in [7, 11) is 1.48. The Morgan fingerprint density at radius 1 is 1.37 bits per heavy atom. The molecule has 2 fully saturated rings. The van der Waals surface area contributed by atoms with Crippen molar-refractivity contribution in [1.29, 1.82) is 0 Å². The molecule has 0 amide bonds. The van der Waals surface area contributed by atoms with Crippen molar-refractivity contribution < 1.29 is 9.53 Å². The standard InChI is InChI=1S/C15H28N2O2/c1-11(2)14-5-4-9-17(14)10-8-13(15(18)19-3)16-12-6-7-12/h11-14,16H,4-10H2,1-3H3. The maximum Gasteiger partial charge on any atom is 0.322 e. The van der Waals surface area contributed by atoms with Gasteiger partial charge < -0.3 is 15.0 Å². The molecule has 1 heterocycles. The van der Waals surface area contributed by atoms with Gasteiger partial charge in [-0.2, -0.15) is 0 Å². The van der Waals surface area contributed by atoms with E-state index in [1.54, 1.807) is 0 Å². The summed E-state index contributed by atoms with van der Waals surface area (Å²) in [5, 5.41) is 3.41. The minimum Gasteiger partial charge on any atom is -0.468 e. The van der Waals surface area contributed by atoms with Crippen LogP contribution in [-0.4, -0.2) is 49.2 Å². The number of hydrogen-bond acceptors (Lipinski definition) is 4. The molecule has 0 spiro atoms. The van der Waals surface area contributed by atoms with E-state index in [4.69, 9.17) is 4.74 Å². The van der Waals surface area contributed by atoms with E-state index in [0.29, 0.717) is 18.0 Å². The second-order valence-corrected chi connectivity index (χ2v) is 6.29. The number of carbonyl (C=O) groups excluding carboxylic acids is 1. The predicted octanol–water partition coefficient (Wildman–Crippen LogP) is 1.79. The molecule has 1 N–H and O–H groups in total. The summed E-state index contributed by atoms with van der Waals surface area (Å²) in [6.45, 7) is 6.77. The summed E-state index contributed by atoms with van der Waals surface area (Å²) in [6.07, 6.45) is 5.86. The fourth-order valence-electron chi connectivity index (χ4n) is 3.13. The number of carbonyl (C=O) groups is 1. The van der Waals surface area contributed by atoms with Crippen molar-refractivity contribution in [2.75, 3.05) is 20.2 Å². The van der Waals surface area contributed by atoms with E-state index < -0.39 is 0 Å². The van der Waals surface area contributed by atoms with Crippen molar-refractivity contribution >= 4 is 5.97 Å². The zero-order valence-electron chi connectivity index (χ0n) is 12.5. The van der Waals surface area contributed by atoms with E-state index in [2.05, 4.69) is 24.1 Å². The number of esters is 1. The fourth-order valence-corrected chi connectivity index (χ4v) is 3.13. The molecule has 0 radical (unpaired) electrons. The molecule has 2 aliphatic rings. The molecule has 1 aliphatic carbocycles. The molecule has 2 atom stereocenters. The third-order valence-corrected chi connectivity index (χ3v) is 4.39. The molecule has 0 aromatic carbocycles. The Bertz CT molecular complexity index is 303. The Kier molecular flexibility index (Phi) is 5.22. The largest absolute Gasteiger partial charge is 0.468 e. The third kappa shape index (κ3) is 4.18. The molecular formula is C15H28N2O2. The zero-order chi connectivity index (χ0) is 13.8. The van der Waals surface area contributed by atoms with E-state index in [1.165, 1.54) is 39.3 Å². The summed E-state index contributed by atoms with van der Waals surface area (Å²) in [5.41, 5.74) is 0. The Labute approximate surface area is 116 Å². The molecule has 0 bridgehead atoms. The minimum atomic E-state index is -0.120. The van der Waals surface area contributed by atoms with Crippen LogP contribution in [0.2, 0.25) is 0 Å². The lowest BCUT2D eigenvalue weighted by Crippen LogP contribution is -2.43. The van der Waals surface area contributed by atoms with Crippen molar-refractivity contribution in [3.8, 4) is 0 Å². The lowest BCUT2D eigenvalue weighted by atomic mass is 10.0. The van der Waals surface area contributed by atoms with Gasteiger partial charge in [0, 0.05) is 18.6 Å². The van der Waals surface area contributed by atoms with Crippen molar-refractivity contribution in [2.45, 2.75) is 64.1 Å². The van der Waals surface area contributed by atoms with Gasteiger partial charge in [-0.25, -0.2) is 0 Å². The topological polar surface area (TPSA) is 41.6 Å². The first kappa shape index (κ1) is 14.8. The molecule has 1 aliphatic heterocycles. The molecule has 19 heavy (non-hydrogen) atoms. The zero-order valence-corrected chi connectivity index (χ0v) is 12.5. The highest BCUT2D eigenvalue weighted by Gasteiger charge is 2.31. The molecule has 110 valence electrons. The normalized spacial score (nSPS) is 25.8. The molecular weight excluding hydrogens is 240 g/mol. The SMILES string of the molecule is COC(=O)C(CCN1CCCC1C(C)C)NC1CC1. The van der Waals surface area contributed by atoms with Gasteiger partial charge in [0.25, 0.3) is 0 Å². The molecule has 1 saturated heterocycles. The van der Waals surface area contributed by atoms with E-state index in [1.807, 2.05) is 0 Å². The highest BCUT2D eigenvalue weighted by atomic mass is 16.5. The molecule has 2 unspecified atom stereocenters. The van der Waals surface area contributed by atoms with Crippen LogP contribution in [-0.2, 0) is 9.53 Å². The van der Waals surface area contributed by atoms with Crippen molar-refractivity contribution in [1.82, 2.24) is 10.2 Å². The first-order valence-electron chi connectivity index (χ1n) is 7.69. The summed E-state index contributed by atoms with van der Waals surface area (Å²) >= 11 is 0. The van der Waals surface area contributed by atoms with Gasteiger partial charge in [-0.15, -0.1) is 0 Å². The van der Waals surface area contributed by atoms with Crippen molar-refractivity contribution in [2.24, 2.45) is 5.92 Å². The van der Waals surface area contributed by atoms with E-state index in [9.17, 15) is 4.79 Å². The Morgan fingerprint density at radius 3 is 2.68 bits per heavy atom. The Morgan fingerprint density at radius 2 is 2.11 bits per heavy atom.